The van der Waals surface area contributed by atoms with Crippen LogP contribution in [0.4, 0.5) is 17.2 Å². The van der Waals surface area contributed by atoms with Crippen molar-refractivity contribution in [1.29, 1.82) is 0 Å². The van der Waals surface area contributed by atoms with Crippen molar-refractivity contribution >= 4 is 39.1 Å². The lowest BCUT2D eigenvalue weighted by molar-refractivity contribution is 0.442. The third-order valence-electron chi connectivity index (χ3n) is 9.97. The Labute approximate surface area is 311 Å². The molecule has 0 radical (unpaired) electrons. The van der Waals surface area contributed by atoms with Crippen LogP contribution in [0.15, 0.2) is 152 Å². The van der Waals surface area contributed by atoms with Gasteiger partial charge >= 0.3 is 0 Å². The lowest BCUT2D eigenvalue weighted by Gasteiger charge is -2.28. The summed E-state index contributed by atoms with van der Waals surface area (Å²) in [4.78, 5) is 13.0. The monoisotopic (exact) mass is 692 g/mol. The largest absolute Gasteiger partial charge is 0.505 e. The van der Waals surface area contributed by atoms with Crippen LogP contribution in [0.3, 0.4) is 0 Å². The van der Waals surface area contributed by atoms with E-state index in [1.54, 1.807) is 0 Å². The molecule has 1 N–H and O–H groups in total. The smallest absolute Gasteiger partial charge is 0.146 e. The SMILES string of the molecule is CC(C)(C)c1cc(-n2c3ccccc3c3ccc(-c4cc(-c5ccccc5)cc(N(c5ccccc5)c5ccccc5)n4)nc32)c(O)c(C(C)(C)C)c1. The maximum Gasteiger partial charge on any atom is 0.146 e. The number of phenolic OH excluding ortho intramolecular Hbond substituents is 1. The molecular formula is C48H44N4O. The van der Waals surface area contributed by atoms with Gasteiger partial charge in [0.1, 0.15) is 17.2 Å². The second kappa shape index (κ2) is 13.1. The molecule has 0 spiro atoms. The number of nitrogens with zero attached hydrogens (tertiary/aromatic N) is 4. The number of pyridine rings is 2. The topological polar surface area (TPSA) is 54.2 Å². The molecule has 5 aromatic carbocycles. The molecule has 0 unspecified atom stereocenters. The van der Waals surface area contributed by atoms with E-state index in [2.05, 4.69) is 178 Å². The average Bonchev–Trinajstić information content (AvgIpc) is 3.49. The van der Waals surface area contributed by atoms with Crippen LogP contribution in [-0.4, -0.2) is 19.6 Å². The van der Waals surface area contributed by atoms with Crippen LogP contribution in [0.2, 0.25) is 0 Å². The van der Waals surface area contributed by atoms with E-state index in [4.69, 9.17) is 9.97 Å². The summed E-state index contributed by atoms with van der Waals surface area (Å²) < 4.78 is 2.14. The standard InChI is InChI=1S/C48H44N4O/c1-47(2,3)34-30-39(48(4,5)6)45(53)43(31-34)52-42-25-17-16-24-37(42)38-26-27-40(50-46(38)52)41-28-33(32-18-10-7-11-19-32)29-44(49-41)51(35-20-12-8-13-21-35)36-22-14-9-15-23-36/h7-31,53H,1-6H3. The molecule has 262 valence electrons. The maximum atomic E-state index is 12.1. The highest BCUT2D eigenvalue weighted by Gasteiger charge is 2.28. The van der Waals surface area contributed by atoms with Gasteiger partial charge in [0, 0.05) is 27.7 Å². The molecule has 0 saturated heterocycles. The lowest BCUT2D eigenvalue weighted by Crippen LogP contribution is -2.18. The molecule has 0 bridgehead atoms. The Morgan fingerprint density at radius 1 is 0.528 bits per heavy atom. The van der Waals surface area contributed by atoms with Crippen molar-refractivity contribution in [2.45, 2.75) is 52.4 Å². The molecule has 0 atom stereocenters. The number of hydrogen-bond acceptors (Lipinski definition) is 4. The van der Waals surface area contributed by atoms with E-state index in [0.29, 0.717) is 0 Å². The van der Waals surface area contributed by atoms with E-state index in [-0.39, 0.29) is 16.6 Å². The van der Waals surface area contributed by atoms with Gasteiger partial charge in [-0.05, 0) is 88.2 Å². The fourth-order valence-electron chi connectivity index (χ4n) is 7.15. The molecular weight excluding hydrogens is 649 g/mol. The Kier molecular flexibility index (Phi) is 8.38. The number of hydrogen-bond donors (Lipinski definition) is 1. The van der Waals surface area contributed by atoms with Crippen molar-refractivity contribution in [3.63, 3.8) is 0 Å². The lowest BCUT2D eigenvalue weighted by atomic mass is 9.79. The summed E-state index contributed by atoms with van der Waals surface area (Å²) >= 11 is 0. The van der Waals surface area contributed by atoms with Gasteiger partial charge in [-0.3, -0.25) is 9.47 Å². The van der Waals surface area contributed by atoms with Crippen molar-refractivity contribution in [3.05, 3.63) is 163 Å². The Bertz CT molecular complexity index is 2540. The highest BCUT2D eigenvalue weighted by Crippen LogP contribution is 2.43. The number of benzene rings is 5. The Balaban J connectivity index is 1.41. The van der Waals surface area contributed by atoms with Gasteiger partial charge < -0.3 is 5.11 Å². The van der Waals surface area contributed by atoms with E-state index >= 15 is 0 Å². The van der Waals surface area contributed by atoms with Crippen LogP contribution in [-0.2, 0) is 10.8 Å². The number of para-hydroxylation sites is 3. The highest BCUT2D eigenvalue weighted by atomic mass is 16.3. The normalized spacial score (nSPS) is 12.0. The average molecular weight is 693 g/mol. The summed E-state index contributed by atoms with van der Waals surface area (Å²) in [6.45, 7) is 13.1. The van der Waals surface area contributed by atoms with Crippen LogP contribution < -0.4 is 4.90 Å². The number of fused-ring (bicyclic) bond motifs is 3. The summed E-state index contributed by atoms with van der Waals surface area (Å²) in [5.74, 6) is 1.06. The third kappa shape index (κ3) is 6.33. The molecule has 5 heteroatoms. The van der Waals surface area contributed by atoms with Gasteiger partial charge in [0.05, 0.1) is 22.6 Å². The zero-order valence-electron chi connectivity index (χ0n) is 31.2. The van der Waals surface area contributed by atoms with Crippen LogP contribution >= 0.6 is 0 Å². The highest BCUT2D eigenvalue weighted by molar-refractivity contribution is 6.08. The third-order valence-corrected chi connectivity index (χ3v) is 9.97. The van der Waals surface area contributed by atoms with Crippen molar-refractivity contribution in [1.82, 2.24) is 14.5 Å². The molecule has 0 saturated carbocycles. The molecule has 3 aromatic heterocycles. The first-order valence-corrected chi connectivity index (χ1v) is 18.2. The molecule has 8 aromatic rings. The molecule has 0 aliphatic heterocycles. The molecule has 53 heavy (non-hydrogen) atoms. The van der Waals surface area contributed by atoms with Crippen molar-refractivity contribution in [3.8, 4) is 34.0 Å². The minimum Gasteiger partial charge on any atom is -0.505 e. The van der Waals surface area contributed by atoms with E-state index in [0.717, 1.165) is 78.5 Å². The van der Waals surface area contributed by atoms with E-state index in [9.17, 15) is 5.11 Å². The minimum atomic E-state index is -0.279. The summed E-state index contributed by atoms with van der Waals surface area (Å²) in [5, 5.41) is 14.2. The predicted octanol–water partition coefficient (Wildman–Crippen LogP) is 12.7. The Morgan fingerprint density at radius 3 is 1.75 bits per heavy atom. The van der Waals surface area contributed by atoms with E-state index in [1.165, 1.54) is 0 Å². The molecule has 0 amide bonds. The molecule has 8 rings (SSSR count). The summed E-state index contributed by atoms with van der Waals surface area (Å²) in [7, 11) is 0. The minimum absolute atomic E-state index is 0.138. The van der Waals surface area contributed by atoms with Gasteiger partial charge in [-0.15, -0.1) is 0 Å². The van der Waals surface area contributed by atoms with Gasteiger partial charge in [-0.2, -0.15) is 0 Å². The zero-order valence-corrected chi connectivity index (χ0v) is 31.2. The molecule has 5 nitrogen and oxygen atoms in total. The fraction of sp³-hybridized carbons (Fsp3) is 0.167. The number of aromatic hydroxyl groups is 1. The zero-order chi connectivity index (χ0) is 36.9. The van der Waals surface area contributed by atoms with Gasteiger partial charge in [0.15, 0.2) is 0 Å². The van der Waals surface area contributed by atoms with Gasteiger partial charge in [0.2, 0.25) is 0 Å². The van der Waals surface area contributed by atoms with Crippen molar-refractivity contribution in [2.75, 3.05) is 4.90 Å². The number of phenols is 1. The Morgan fingerprint density at radius 2 is 1.13 bits per heavy atom. The molecule has 0 fully saturated rings. The Hall–Kier alpha value is -6.20. The van der Waals surface area contributed by atoms with E-state index < -0.39 is 0 Å². The number of anilines is 3. The van der Waals surface area contributed by atoms with Gasteiger partial charge in [-0.1, -0.05) is 133 Å². The fourth-order valence-corrected chi connectivity index (χ4v) is 7.15. The first kappa shape index (κ1) is 33.9. The second-order valence-electron chi connectivity index (χ2n) is 15.8. The maximum absolute atomic E-state index is 12.1. The molecule has 0 aliphatic rings. The van der Waals surface area contributed by atoms with Crippen LogP contribution in [0.5, 0.6) is 5.75 Å². The van der Waals surface area contributed by atoms with Gasteiger partial charge in [-0.25, -0.2) is 9.97 Å². The number of rotatable bonds is 6. The predicted molar refractivity (Wildman–Crippen MR) is 221 cm³/mol. The van der Waals surface area contributed by atoms with E-state index in [1.807, 2.05) is 24.3 Å². The summed E-state index contributed by atoms with van der Waals surface area (Å²) in [6.07, 6.45) is 0. The first-order chi connectivity index (χ1) is 25.5. The second-order valence-corrected chi connectivity index (χ2v) is 15.8. The van der Waals surface area contributed by atoms with Crippen molar-refractivity contribution in [2.24, 2.45) is 0 Å². The van der Waals surface area contributed by atoms with Crippen LogP contribution in [0.1, 0.15) is 52.7 Å². The van der Waals surface area contributed by atoms with Crippen LogP contribution in [0, 0.1) is 0 Å². The first-order valence-electron chi connectivity index (χ1n) is 18.2. The molecule has 0 aliphatic carbocycles. The van der Waals surface area contributed by atoms with Crippen LogP contribution in [0.25, 0.3) is 50.1 Å². The quantitative estimate of drug-likeness (QED) is 0.188. The molecule has 3 heterocycles. The summed E-state index contributed by atoms with van der Waals surface area (Å²) in [5.41, 5.74) is 9.76. The summed E-state index contributed by atoms with van der Waals surface area (Å²) in [6, 6.07) is 52.3. The number of aromatic nitrogens is 3. The van der Waals surface area contributed by atoms with Crippen molar-refractivity contribution < 1.29 is 5.11 Å². The van der Waals surface area contributed by atoms with Gasteiger partial charge in [0.25, 0.3) is 0 Å².